The lowest BCUT2D eigenvalue weighted by Gasteiger charge is -2.06. The van der Waals surface area contributed by atoms with Crippen molar-refractivity contribution in [1.82, 2.24) is 0 Å². The summed E-state index contributed by atoms with van der Waals surface area (Å²) in [5, 5.41) is 0.590. The Kier molecular flexibility index (Phi) is 3.67. The molecule has 88 valence electrons. The number of nitrogen functional groups attached to an aromatic ring is 1. The lowest BCUT2D eigenvalue weighted by Crippen LogP contribution is -2.02. The maximum atomic E-state index is 5.91. The molecule has 3 heteroatoms. The molecule has 4 N–H and O–H groups in total. The van der Waals surface area contributed by atoms with Crippen LogP contribution in [0.3, 0.4) is 0 Å². The molecule has 0 saturated heterocycles. The zero-order valence-corrected chi connectivity index (χ0v) is 10.2. The number of nitrogens with two attached hydrogens (primary N) is 2. The van der Waals surface area contributed by atoms with Crippen molar-refractivity contribution < 1.29 is 0 Å². The molecule has 2 nitrogen and oxygen atoms in total. The molecule has 0 radical (unpaired) electrons. The van der Waals surface area contributed by atoms with E-state index in [0.29, 0.717) is 17.3 Å². The van der Waals surface area contributed by atoms with E-state index < -0.39 is 0 Å². The Labute approximate surface area is 106 Å². The van der Waals surface area contributed by atoms with Crippen molar-refractivity contribution in [2.45, 2.75) is 6.42 Å². The summed E-state index contributed by atoms with van der Waals surface area (Å²) in [6.07, 6.45) is 0.886. The quantitative estimate of drug-likeness (QED) is 0.818. The highest BCUT2D eigenvalue weighted by Crippen LogP contribution is 2.27. The Morgan fingerprint density at radius 2 is 1.76 bits per heavy atom. The SMILES string of the molecule is NCCc1cccc(-c2ccc(Cl)c(N)c2)c1. The topological polar surface area (TPSA) is 52.0 Å². The normalized spacial score (nSPS) is 10.5. The van der Waals surface area contributed by atoms with E-state index in [0.717, 1.165) is 17.5 Å². The Bertz CT molecular complexity index is 523. The van der Waals surface area contributed by atoms with Crippen LogP contribution in [0, 0.1) is 0 Å². The molecule has 0 heterocycles. The van der Waals surface area contributed by atoms with Gasteiger partial charge >= 0.3 is 0 Å². The minimum atomic E-state index is 0.590. The van der Waals surface area contributed by atoms with Gasteiger partial charge in [0.05, 0.1) is 10.7 Å². The molecule has 0 aromatic heterocycles. The summed E-state index contributed by atoms with van der Waals surface area (Å²) < 4.78 is 0. The average Bonchev–Trinajstić information content (AvgIpc) is 2.33. The molecule has 0 aliphatic rings. The van der Waals surface area contributed by atoms with E-state index in [4.69, 9.17) is 23.1 Å². The molecule has 0 aliphatic heterocycles. The van der Waals surface area contributed by atoms with Crippen LogP contribution in [-0.2, 0) is 6.42 Å². The minimum Gasteiger partial charge on any atom is -0.398 e. The first-order chi connectivity index (χ1) is 8.20. The Morgan fingerprint density at radius 3 is 2.47 bits per heavy atom. The first-order valence-corrected chi connectivity index (χ1v) is 5.93. The van der Waals surface area contributed by atoms with E-state index in [2.05, 4.69) is 18.2 Å². The number of halogens is 1. The highest BCUT2D eigenvalue weighted by molar-refractivity contribution is 6.33. The van der Waals surface area contributed by atoms with Crippen LogP contribution >= 0.6 is 11.6 Å². The van der Waals surface area contributed by atoms with Crippen molar-refractivity contribution in [2.24, 2.45) is 5.73 Å². The van der Waals surface area contributed by atoms with Crippen LogP contribution in [0.4, 0.5) is 5.69 Å². The summed E-state index contributed by atoms with van der Waals surface area (Å²) in [5.41, 5.74) is 15.4. The van der Waals surface area contributed by atoms with Crippen molar-refractivity contribution in [3.05, 3.63) is 53.1 Å². The van der Waals surface area contributed by atoms with Crippen LogP contribution in [0.5, 0.6) is 0 Å². The fourth-order valence-electron chi connectivity index (χ4n) is 1.80. The molecule has 0 amide bonds. The van der Waals surface area contributed by atoms with Gasteiger partial charge in [-0.25, -0.2) is 0 Å². The third-order valence-corrected chi connectivity index (χ3v) is 3.03. The molecule has 0 saturated carbocycles. The van der Waals surface area contributed by atoms with Gasteiger partial charge in [0.15, 0.2) is 0 Å². The number of rotatable bonds is 3. The number of hydrogen-bond donors (Lipinski definition) is 2. The van der Waals surface area contributed by atoms with E-state index in [1.165, 1.54) is 5.56 Å². The largest absolute Gasteiger partial charge is 0.398 e. The zero-order valence-electron chi connectivity index (χ0n) is 9.49. The van der Waals surface area contributed by atoms with E-state index in [1.807, 2.05) is 24.3 Å². The maximum Gasteiger partial charge on any atom is 0.0635 e. The van der Waals surface area contributed by atoms with Gasteiger partial charge in [0, 0.05) is 0 Å². The van der Waals surface area contributed by atoms with E-state index in [-0.39, 0.29) is 0 Å². The third-order valence-electron chi connectivity index (χ3n) is 2.69. The smallest absolute Gasteiger partial charge is 0.0635 e. The predicted molar refractivity (Wildman–Crippen MR) is 74.1 cm³/mol. The van der Waals surface area contributed by atoms with Crippen LogP contribution in [-0.4, -0.2) is 6.54 Å². The van der Waals surface area contributed by atoms with Gasteiger partial charge in [-0.05, 0) is 41.8 Å². The van der Waals surface area contributed by atoms with E-state index in [9.17, 15) is 0 Å². The van der Waals surface area contributed by atoms with Crippen LogP contribution in [0.2, 0.25) is 5.02 Å². The molecular weight excluding hydrogens is 232 g/mol. The monoisotopic (exact) mass is 246 g/mol. The van der Waals surface area contributed by atoms with Crippen molar-refractivity contribution in [3.8, 4) is 11.1 Å². The highest BCUT2D eigenvalue weighted by atomic mass is 35.5. The second-order valence-corrected chi connectivity index (χ2v) is 4.38. The Balaban J connectivity index is 2.38. The second-order valence-electron chi connectivity index (χ2n) is 3.98. The predicted octanol–water partition coefficient (Wildman–Crippen LogP) is 3.09. The number of anilines is 1. The first-order valence-electron chi connectivity index (χ1n) is 5.55. The van der Waals surface area contributed by atoms with Gasteiger partial charge in [-0.1, -0.05) is 41.9 Å². The van der Waals surface area contributed by atoms with Gasteiger partial charge < -0.3 is 11.5 Å². The zero-order chi connectivity index (χ0) is 12.3. The molecule has 0 fully saturated rings. The molecule has 2 aromatic rings. The second kappa shape index (κ2) is 5.21. The summed E-state index contributed by atoms with van der Waals surface area (Å²) in [7, 11) is 0. The Morgan fingerprint density at radius 1 is 1.00 bits per heavy atom. The van der Waals surface area contributed by atoms with E-state index in [1.54, 1.807) is 0 Å². The van der Waals surface area contributed by atoms with Gasteiger partial charge in [-0.15, -0.1) is 0 Å². The Hall–Kier alpha value is -1.51. The molecule has 0 bridgehead atoms. The van der Waals surface area contributed by atoms with Gasteiger partial charge in [0.1, 0.15) is 0 Å². The van der Waals surface area contributed by atoms with Gasteiger partial charge in [0.25, 0.3) is 0 Å². The number of benzene rings is 2. The molecule has 0 atom stereocenters. The van der Waals surface area contributed by atoms with Crippen LogP contribution < -0.4 is 11.5 Å². The average molecular weight is 247 g/mol. The highest BCUT2D eigenvalue weighted by Gasteiger charge is 2.02. The molecule has 0 spiro atoms. The fourth-order valence-corrected chi connectivity index (χ4v) is 1.91. The third kappa shape index (κ3) is 2.78. The molecular formula is C14H15ClN2. The van der Waals surface area contributed by atoms with Gasteiger partial charge in [0.2, 0.25) is 0 Å². The summed E-state index contributed by atoms with van der Waals surface area (Å²) >= 11 is 5.91. The molecule has 17 heavy (non-hydrogen) atoms. The summed E-state index contributed by atoms with van der Waals surface area (Å²) in [6, 6.07) is 14.0. The number of hydrogen-bond acceptors (Lipinski definition) is 2. The summed E-state index contributed by atoms with van der Waals surface area (Å²) in [5.74, 6) is 0. The lowest BCUT2D eigenvalue weighted by molar-refractivity contribution is 0.969. The standard InChI is InChI=1S/C14H15ClN2/c15-13-5-4-12(9-14(13)17)11-3-1-2-10(8-11)6-7-16/h1-5,8-9H,6-7,16-17H2. The first kappa shape index (κ1) is 12.0. The van der Waals surface area contributed by atoms with Crippen LogP contribution in [0.25, 0.3) is 11.1 Å². The van der Waals surface area contributed by atoms with Gasteiger partial charge in [-0.3, -0.25) is 0 Å². The molecule has 2 aromatic carbocycles. The summed E-state index contributed by atoms with van der Waals surface area (Å²) in [6.45, 7) is 0.659. The van der Waals surface area contributed by atoms with Crippen LogP contribution in [0.15, 0.2) is 42.5 Å². The van der Waals surface area contributed by atoms with E-state index >= 15 is 0 Å². The molecule has 0 unspecified atom stereocenters. The van der Waals surface area contributed by atoms with Crippen molar-refractivity contribution in [3.63, 3.8) is 0 Å². The summed E-state index contributed by atoms with van der Waals surface area (Å²) in [4.78, 5) is 0. The van der Waals surface area contributed by atoms with Crippen molar-refractivity contribution in [2.75, 3.05) is 12.3 Å². The lowest BCUT2D eigenvalue weighted by atomic mass is 10.0. The van der Waals surface area contributed by atoms with Crippen molar-refractivity contribution in [1.29, 1.82) is 0 Å². The molecule has 2 rings (SSSR count). The molecule has 0 aliphatic carbocycles. The van der Waals surface area contributed by atoms with Gasteiger partial charge in [-0.2, -0.15) is 0 Å². The fraction of sp³-hybridized carbons (Fsp3) is 0.143. The minimum absolute atomic E-state index is 0.590. The maximum absolute atomic E-state index is 5.91. The van der Waals surface area contributed by atoms with Crippen molar-refractivity contribution >= 4 is 17.3 Å². The van der Waals surface area contributed by atoms with Crippen LogP contribution in [0.1, 0.15) is 5.56 Å².